The molecule has 0 spiro atoms. The van der Waals surface area contributed by atoms with E-state index in [9.17, 15) is 5.11 Å². The molecule has 6 heteroatoms. The van der Waals surface area contributed by atoms with Crippen molar-refractivity contribution in [1.82, 2.24) is 4.90 Å². The molecule has 0 bridgehead atoms. The molecule has 114 valence electrons. The Labute approximate surface area is 129 Å². The lowest BCUT2D eigenvalue weighted by atomic mass is 10.1. The Bertz CT molecular complexity index is 510. The monoisotopic (exact) mass is 309 g/mol. The third-order valence-corrected chi connectivity index (χ3v) is 3.95. The smallest absolute Gasteiger partial charge is 0.121 e. The number of nitriles is 1. The standard InChI is InChI=1S/C15H20ClN3O2/c16-15-7-14(2-1-11(15)8-17)21-13-3-5-19(6-4-13)10-12(20)9-18/h1-2,7,12-13,20H,3-6,9-10,18H2/t12-/m0/s1. The highest BCUT2D eigenvalue weighted by molar-refractivity contribution is 6.31. The van der Waals surface area contributed by atoms with E-state index in [-0.39, 0.29) is 6.10 Å². The minimum atomic E-state index is -0.459. The average Bonchev–Trinajstić information content (AvgIpc) is 2.49. The highest BCUT2D eigenvalue weighted by atomic mass is 35.5. The van der Waals surface area contributed by atoms with Gasteiger partial charge in [0.2, 0.25) is 0 Å². The summed E-state index contributed by atoms with van der Waals surface area (Å²) < 4.78 is 5.91. The van der Waals surface area contributed by atoms with E-state index in [1.807, 2.05) is 6.07 Å². The number of likely N-dealkylation sites (tertiary alicyclic amines) is 1. The van der Waals surface area contributed by atoms with E-state index in [1.165, 1.54) is 0 Å². The lowest BCUT2D eigenvalue weighted by molar-refractivity contribution is 0.0641. The first-order valence-electron chi connectivity index (χ1n) is 7.09. The summed E-state index contributed by atoms with van der Waals surface area (Å²) in [4.78, 5) is 2.20. The van der Waals surface area contributed by atoms with Gasteiger partial charge >= 0.3 is 0 Å². The molecule has 3 N–H and O–H groups in total. The molecule has 0 radical (unpaired) electrons. The maximum absolute atomic E-state index is 9.55. The van der Waals surface area contributed by atoms with Crippen molar-refractivity contribution in [2.24, 2.45) is 5.73 Å². The molecule has 2 rings (SSSR count). The number of β-amino-alcohol motifs (C(OH)–C–C–N with tert-alkyl or cyclic N) is 1. The minimum absolute atomic E-state index is 0.139. The van der Waals surface area contributed by atoms with Gasteiger partial charge in [0.25, 0.3) is 0 Å². The van der Waals surface area contributed by atoms with Crippen LogP contribution in [0.1, 0.15) is 18.4 Å². The second-order valence-corrected chi connectivity index (χ2v) is 5.67. The first-order chi connectivity index (χ1) is 10.1. The van der Waals surface area contributed by atoms with E-state index in [0.717, 1.165) is 25.9 Å². The predicted octanol–water partition coefficient (Wildman–Crippen LogP) is 1.37. The first-order valence-corrected chi connectivity index (χ1v) is 7.47. The summed E-state index contributed by atoms with van der Waals surface area (Å²) in [5.41, 5.74) is 5.87. The number of hydrogen-bond donors (Lipinski definition) is 2. The molecule has 1 fully saturated rings. The van der Waals surface area contributed by atoms with Gasteiger partial charge in [-0.1, -0.05) is 11.6 Å². The molecule has 5 nitrogen and oxygen atoms in total. The van der Waals surface area contributed by atoms with Gasteiger partial charge in [-0.05, 0) is 25.0 Å². The molecule has 0 amide bonds. The lowest BCUT2D eigenvalue weighted by Crippen LogP contribution is -2.43. The second-order valence-electron chi connectivity index (χ2n) is 5.26. The van der Waals surface area contributed by atoms with Crippen molar-refractivity contribution in [1.29, 1.82) is 5.26 Å². The number of halogens is 1. The van der Waals surface area contributed by atoms with Crippen LogP contribution in [-0.2, 0) is 0 Å². The van der Waals surface area contributed by atoms with Gasteiger partial charge in [-0.2, -0.15) is 5.26 Å². The summed E-state index contributed by atoms with van der Waals surface area (Å²) in [7, 11) is 0. The fraction of sp³-hybridized carbons (Fsp3) is 0.533. The molecule has 1 aliphatic heterocycles. The Morgan fingerprint density at radius 1 is 1.48 bits per heavy atom. The Kier molecular flexibility index (Phi) is 5.83. The van der Waals surface area contributed by atoms with Crippen LogP contribution in [0.3, 0.4) is 0 Å². The van der Waals surface area contributed by atoms with Gasteiger partial charge in [0, 0.05) is 32.2 Å². The number of aliphatic hydroxyl groups is 1. The second kappa shape index (κ2) is 7.62. The SMILES string of the molecule is N#Cc1ccc(OC2CCN(C[C@@H](O)CN)CC2)cc1Cl. The van der Waals surface area contributed by atoms with Crippen LogP contribution in [0.25, 0.3) is 0 Å². The zero-order chi connectivity index (χ0) is 15.2. The fourth-order valence-electron chi connectivity index (χ4n) is 2.43. The Morgan fingerprint density at radius 2 is 2.19 bits per heavy atom. The number of rotatable bonds is 5. The van der Waals surface area contributed by atoms with Gasteiger partial charge in [-0.15, -0.1) is 0 Å². The van der Waals surface area contributed by atoms with Crippen LogP contribution in [0.2, 0.25) is 5.02 Å². The Morgan fingerprint density at radius 3 is 2.76 bits per heavy atom. The number of benzene rings is 1. The molecule has 1 atom stereocenters. The number of ether oxygens (including phenoxy) is 1. The predicted molar refractivity (Wildman–Crippen MR) is 81.3 cm³/mol. The molecule has 0 aromatic heterocycles. The van der Waals surface area contributed by atoms with E-state index >= 15 is 0 Å². The van der Waals surface area contributed by atoms with Crippen LogP contribution in [0, 0.1) is 11.3 Å². The molecule has 1 saturated heterocycles. The quantitative estimate of drug-likeness (QED) is 0.858. The van der Waals surface area contributed by atoms with E-state index in [2.05, 4.69) is 4.90 Å². The summed E-state index contributed by atoms with van der Waals surface area (Å²) >= 11 is 5.99. The van der Waals surface area contributed by atoms with Crippen molar-refractivity contribution in [2.75, 3.05) is 26.2 Å². The van der Waals surface area contributed by atoms with E-state index in [0.29, 0.717) is 29.4 Å². The third kappa shape index (κ3) is 4.58. The Hall–Kier alpha value is -1.32. The maximum Gasteiger partial charge on any atom is 0.121 e. The summed E-state index contributed by atoms with van der Waals surface area (Å²) in [5.74, 6) is 0.694. The summed E-state index contributed by atoms with van der Waals surface area (Å²) in [6.07, 6.45) is 1.48. The van der Waals surface area contributed by atoms with Crippen LogP contribution in [-0.4, -0.2) is 48.4 Å². The van der Waals surface area contributed by atoms with E-state index in [1.54, 1.807) is 18.2 Å². The van der Waals surface area contributed by atoms with Crippen LogP contribution >= 0.6 is 11.6 Å². The number of aliphatic hydroxyl groups excluding tert-OH is 1. The first kappa shape index (κ1) is 16.1. The minimum Gasteiger partial charge on any atom is -0.490 e. The van der Waals surface area contributed by atoms with Gasteiger partial charge < -0.3 is 20.5 Å². The largest absolute Gasteiger partial charge is 0.490 e. The summed E-state index contributed by atoms with van der Waals surface area (Å²) in [6, 6.07) is 7.16. The molecule has 0 saturated carbocycles. The third-order valence-electron chi connectivity index (χ3n) is 3.64. The van der Waals surface area contributed by atoms with E-state index in [4.69, 9.17) is 27.3 Å². The zero-order valence-electron chi connectivity index (χ0n) is 11.8. The molecule has 1 aliphatic rings. The fourth-order valence-corrected chi connectivity index (χ4v) is 2.65. The molecule has 1 aromatic carbocycles. The van der Waals surface area contributed by atoms with Gasteiger partial charge in [-0.25, -0.2) is 0 Å². The number of piperidine rings is 1. The Balaban J connectivity index is 1.83. The van der Waals surface area contributed by atoms with E-state index < -0.39 is 6.10 Å². The normalized spacial score (nSPS) is 18.2. The highest BCUT2D eigenvalue weighted by Crippen LogP contribution is 2.25. The zero-order valence-corrected chi connectivity index (χ0v) is 12.6. The van der Waals surface area contributed by atoms with Gasteiger partial charge in [0.15, 0.2) is 0 Å². The molecular formula is C15H20ClN3O2. The van der Waals surface area contributed by atoms with Crippen LogP contribution in [0.4, 0.5) is 0 Å². The molecular weight excluding hydrogens is 290 g/mol. The summed E-state index contributed by atoms with van der Waals surface area (Å²) in [6.45, 7) is 2.67. The van der Waals surface area contributed by atoms with Crippen molar-refractivity contribution in [2.45, 2.75) is 25.0 Å². The molecule has 21 heavy (non-hydrogen) atoms. The van der Waals surface area contributed by atoms with Crippen molar-refractivity contribution in [3.8, 4) is 11.8 Å². The van der Waals surface area contributed by atoms with Gasteiger partial charge in [0.05, 0.1) is 16.7 Å². The maximum atomic E-state index is 9.55. The molecule has 0 aliphatic carbocycles. The topological polar surface area (TPSA) is 82.5 Å². The number of nitrogens with zero attached hydrogens (tertiary/aromatic N) is 2. The van der Waals surface area contributed by atoms with Crippen molar-refractivity contribution >= 4 is 11.6 Å². The summed E-state index contributed by atoms with van der Waals surface area (Å²) in [5, 5.41) is 18.8. The van der Waals surface area contributed by atoms with Crippen LogP contribution in [0.15, 0.2) is 18.2 Å². The van der Waals surface area contributed by atoms with Crippen molar-refractivity contribution in [3.63, 3.8) is 0 Å². The molecule has 1 aromatic rings. The van der Waals surface area contributed by atoms with Crippen LogP contribution in [0.5, 0.6) is 5.75 Å². The average molecular weight is 310 g/mol. The lowest BCUT2D eigenvalue weighted by Gasteiger charge is -2.33. The van der Waals surface area contributed by atoms with Gasteiger partial charge in [-0.3, -0.25) is 0 Å². The number of nitrogens with two attached hydrogens (primary N) is 1. The number of hydrogen-bond acceptors (Lipinski definition) is 5. The molecule has 0 unspecified atom stereocenters. The van der Waals surface area contributed by atoms with Crippen molar-refractivity contribution in [3.05, 3.63) is 28.8 Å². The van der Waals surface area contributed by atoms with Crippen LogP contribution < -0.4 is 10.5 Å². The molecule has 1 heterocycles. The highest BCUT2D eigenvalue weighted by Gasteiger charge is 2.22. The van der Waals surface area contributed by atoms with Gasteiger partial charge in [0.1, 0.15) is 17.9 Å². The van der Waals surface area contributed by atoms with Crippen molar-refractivity contribution < 1.29 is 9.84 Å².